The number of halogens is 2. The lowest BCUT2D eigenvalue weighted by Gasteiger charge is -2.32. The lowest BCUT2D eigenvalue weighted by atomic mass is 9.66. The SMILES string of the molecule is COC(=O)CC(B1OC(C)(C)C(C)(C)O1)c1cc(Cl)ccc1Cl. The van der Waals surface area contributed by atoms with E-state index in [4.69, 9.17) is 37.2 Å². The molecule has 7 heteroatoms. The molecule has 23 heavy (non-hydrogen) atoms. The maximum atomic E-state index is 11.9. The maximum Gasteiger partial charge on any atom is 0.466 e. The summed E-state index contributed by atoms with van der Waals surface area (Å²) in [6.45, 7) is 7.84. The van der Waals surface area contributed by atoms with Crippen molar-refractivity contribution in [1.29, 1.82) is 0 Å². The molecule has 1 unspecified atom stereocenters. The second-order valence-electron chi connectivity index (χ2n) is 6.68. The molecule has 126 valence electrons. The van der Waals surface area contributed by atoms with E-state index in [0.717, 1.165) is 0 Å². The zero-order valence-corrected chi connectivity index (χ0v) is 15.5. The highest BCUT2D eigenvalue weighted by molar-refractivity contribution is 6.48. The summed E-state index contributed by atoms with van der Waals surface area (Å²) in [5.41, 5.74) is -0.295. The largest absolute Gasteiger partial charge is 0.469 e. The van der Waals surface area contributed by atoms with Gasteiger partial charge in [-0.1, -0.05) is 23.2 Å². The van der Waals surface area contributed by atoms with Crippen LogP contribution in [0.3, 0.4) is 0 Å². The third-order valence-corrected chi connectivity index (χ3v) is 5.15. The van der Waals surface area contributed by atoms with Crippen LogP contribution in [0, 0.1) is 0 Å². The fourth-order valence-corrected chi connectivity index (χ4v) is 2.91. The summed E-state index contributed by atoms with van der Waals surface area (Å²) >= 11 is 12.4. The lowest BCUT2D eigenvalue weighted by molar-refractivity contribution is -0.140. The molecule has 4 nitrogen and oxygen atoms in total. The molecule has 0 bridgehead atoms. The first-order valence-corrected chi connectivity index (χ1v) is 8.20. The fourth-order valence-electron chi connectivity index (χ4n) is 2.47. The van der Waals surface area contributed by atoms with E-state index in [-0.39, 0.29) is 12.4 Å². The second kappa shape index (κ2) is 6.63. The number of carbonyl (C=O) groups is 1. The molecule has 0 amide bonds. The van der Waals surface area contributed by atoms with E-state index in [1.54, 1.807) is 18.2 Å². The number of ether oxygens (including phenoxy) is 1. The number of hydrogen-bond donors (Lipinski definition) is 0. The standard InChI is InChI=1S/C16H21BCl2O4/c1-15(2)16(3,4)23-17(22-15)12(9-14(20)21-5)11-8-10(18)6-7-13(11)19/h6-8,12H,9H2,1-5H3. The van der Waals surface area contributed by atoms with Gasteiger partial charge in [-0.15, -0.1) is 0 Å². The Morgan fingerprint density at radius 3 is 2.30 bits per heavy atom. The van der Waals surface area contributed by atoms with E-state index in [1.807, 2.05) is 27.7 Å². The zero-order chi connectivity index (χ0) is 17.4. The monoisotopic (exact) mass is 358 g/mol. The van der Waals surface area contributed by atoms with E-state index in [1.165, 1.54) is 7.11 Å². The minimum absolute atomic E-state index is 0.0907. The molecule has 1 aliphatic heterocycles. The summed E-state index contributed by atoms with van der Waals surface area (Å²) in [7, 11) is 0.735. The smallest absolute Gasteiger partial charge is 0.466 e. The molecule has 1 fully saturated rings. The molecule has 2 rings (SSSR count). The van der Waals surface area contributed by atoms with E-state index >= 15 is 0 Å². The molecule has 0 aliphatic carbocycles. The van der Waals surface area contributed by atoms with Gasteiger partial charge in [-0.3, -0.25) is 4.79 Å². The second-order valence-corrected chi connectivity index (χ2v) is 7.52. The Hall–Kier alpha value is -0.745. The van der Waals surface area contributed by atoms with Gasteiger partial charge in [0, 0.05) is 15.9 Å². The van der Waals surface area contributed by atoms with Gasteiger partial charge in [-0.2, -0.15) is 0 Å². The summed E-state index contributed by atoms with van der Waals surface area (Å²) in [5.74, 6) is -0.768. The number of esters is 1. The van der Waals surface area contributed by atoms with Crippen LogP contribution in [0.25, 0.3) is 0 Å². The quantitative estimate of drug-likeness (QED) is 0.595. The molecule has 1 aromatic rings. The third kappa shape index (κ3) is 3.85. The number of methoxy groups -OCH3 is 1. The summed E-state index contributed by atoms with van der Waals surface area (Å²) in [5, 5.41) is 1.05. The average Bonchev–Trinajstić information content (AvgIpc) is 2.67. The third-order valence-electron chi connectivity index (χ3n) is 4.57. The van der Waals surface area contributed by atoms with Crippen molar-refractivity contribution >= 4 is 36.3 Å². The van der Waals surface area contributed by atoms with Crippen molar-refractivity contribution in [3.63, 3.8) is 0 Å². The van der Waals surface area contributed by atoms with Crippen molar-refractivity contribution in [2.45, 2.75) is 51.1 Å². The Balaban J connectivity index is 2.40. The van der Waals surface area contributed by atoms with E-state index in [0.29, 0.717) is 15.6 Å². The zero-order valence-electron chi connectivity index (χ0n) is 14.0. The number of benzene rings is 1. The van der Waals surface area contributed by atoms with Gasteiger partial charge < -0.3 is 14.0 Å². The van der Waals surface area contributed by atoms with Gasteiger partial charge in [-0.25, -0.2) is 0 Å². The van der Waals surface area contributed by atoms with Gasteiger partial charge in [0.25, 0.3) is 0 Å². The summed E-state index contributed by atoms with van der Waals surface area (Å²) < 4.78 is 17.0. The fraction of sp³-hybridized carbons (Fsp3) is 0.562. The molecule has 0 saturated carbocycles. The molecule has 1 saturated heterocycles. The van der Waals surface area contributed by atoms with E-state index < -0.39 is 24.1 Å². The van der Waals surface area contributed by atoms with Crippen LogP contribution >= 0.6 is 23.2 Å². The highest BCUT2D eigenvalue weighted by Crippen LogP contribution is 2.43. The highest BCUT2D eigenvalue weighted by atomic mass is 35.5. The molecule has 1 aromatic carbocycles. The maximum absolute atomic E-state index is 11.9. The lowest BCUT2D eigenvalue weighted by Crippen LogP contribution is -2.41. The molecule has 0 N–H and O–H groups in total. The van der Waals surface area contributed by atoms with Crippen LogP contribution in [0.2, 0.25) is 10.0 Å². The molecular formula is C16H21BCl2O4. The Kier molecular flexibility index (Phi) is 5.36. The summed E-state index contributed by atoms with van der Waals surface area (Å²) in [4.78, 5) is 11.9. The van der Waals surface area contributed by atoms with Crippen molar-refractivity contribution in [1.82, 2.24) is 0 Å². The minimum Gasteiger partial charge on any atom is -0.469 e. The van der Waals surface area contributed by atoms with Crippen molar-refractivity contribution < 1.29 is 18.8 Å². The normalized spacial score (nSPS) is 20.4. The molecule has 0 spiro atoms. The number of rotatable bonds is 4. The molecule has 1 atom stereocenters. The summed E-state index contributed by atoms with van der Waals surface area (Å²) in [6.07, 6.45) is 0.0907. The van der Waals surface area contributed by atoms with Crippen molar-refractivity contribution in [3.05, 3.63) is 33.8 Å². The van der Waals surface area contributed by atoms with Crippen LogP contribution in [0.1, 0.15) is 45.5 Å². The number of hydrogen-bond acceptors (Lipinski definition) is 4. The van der Waals surface area contributed by atoms with E-state index in [2.05, 4.69) is 0 Å². The van der Waals surface area contributed by atoms with Crippen LogP contribution in [0.4, 0.5) is 0 Å². The van der Waals surface area contributed by atoms with Gasteiger partial charge in [0.15, 0.2) is 0 Å². The van der Waals surface area contributed by atoms with Gasteiger partial charge in [-0.05, 0) is 51.5 Å². The average molecular weight is 359 g/mol. The molecule has 1 aliphatic rings. The van der Waals surface area contributed by atoms with Crippen molar-refractivity contribution in [3.8, 4) is 0 Å². The first-order chi connectivity index (χ1) is 10.6. The Morgan fingerprint density at radius 2 is 1.78 bits per heavy atom. The van der Waals surface area contributed by atoms with Gasteiger partial charge >= 0.3 is 13.1 Å². The van der Waals surface area contributed by atoms with Crippen LogP contribution in [-0.4, -0.2) is 31.4 Å². The Morgan fingerprint density at radius 1 is 1.22 bits per heavy atom. The predicted molar refractivity (Wildman–Crippen MR) is 91.9 cm³/mol. The molecule has 0 radical (unpaired) electrons. The highest BCUT2D eigenvalue weighted by Gasteiger charge is 2.54. The topological polar surface area (TPSA) is 44.8 Å². The van der Waals surface area contributed by atoms with Crippen molar-refractivity contribution in [2.24, 2.45) is 0 Å². The van der Waals surface area contributed by atoms with Gasteiger partial charge in [0.2, 0.25) is 0 Å². The molecular weight excluding hydrogens is 338 g/mol. The first kappa shape index (κ1) is 18.6. The van der Waals surface area contributed by atoms with Crippen LogP contribution in [0.15, 0.2) is 18.2 Å². The van der Waals surface area contributed by atoms with Crippen LogP contribution in [-0.2, 0) is 18.8 Å². The Labute approximate surface area is 147 Å². The van der Waals surface area contributed by atoms with Gasteiger partial charge in [0.05, 0.1) is 24.7 Å². The number of carbonyl (C=O) groups excluding carboxylic acids is 1. The predicted octanol–water partition coefficient (Wildman–Crippen LogP) is 4.27. The molecule has 1 heterocycles. The van der Waals surface area contributed by atoms with Crippen LogP contribution in [0.5, 0.6) is 0 Å². The summed E-state index contributed by atoms with van der Waals surface area (Å²) in [6, 6.07) is 5.14. The van der Waals surface area contributed by atoms with Gasteiger partial charge in [0.1, 0.15) is 0 Å². The minimum atomic E-state index is -0.616. The Bertz CT molecular complexity index is 588. The van der Waals surface area contributed by atoms with Crippen molar-refractivity contribution in [2.75, 3.05) is 7.11 Å². The van der Waals surface area contributed by atoms with E-state index in [9.17, 15) is 4.79 Å². The van der Waals surface area contributed by atoms with Crippen LogP contribution < -0.4 is 0 Å². The molecule has 0 aromatic heterocycles. The first-order valence-electron chi connectivity index (χ1n) is 7.45.